The van der Waals surface area contributed by atoms with Gasteiger partial charge in [-0.25, -0.2) is 4.39 Å². The van der Waals surface area contributed by atoms with Crippen LogP contribution in [0, 0.1) is 5.82 Å². The number of thiophene rings is 1. The molecule has 1 fully saturated rings. The minimum Gasteiger partial charge on any atom is -0.314 e. The Morgan fingerprint density at radius 2 is 2.00 bits per heavy atom. The Kier molecular flexibility index (Phi) is 4.51. The van der Waals surface area contributed by atoms with Gasteiger partial charge in [-0.1, -0.05) is 18.2 Å². The quantitative estimate of drug-likeness (QED) is 0.904. The van der Waals surface area contributed by atoms with Crippen LogP contribution in [0.2, 0.25) is 0 Å². The number of nitrogens with one attached hydrogen (secondary N) is 1. The first-order valence-corrected chi connectivity index (χ1v) is 8.36. The van der Waals surface area contributed by atoms with Gasteiger partial charge in [0.25, 0.3) is 0 Å². The average Bonchev–Trinajstić information content (AvgIpc) is 2.99. The second-order valence-corrected chi connectivity index (χ2v) is 6.62. The van der Waals surface area contributed by atoms with Crippen LogP contribution >= 0.6 is 27.3 Å². The molecule has 2 aromatic rings. The molecule has 0 aliphatic carbocycles. The van der Waals surface area contributed by atoms with E-state index in [9.17, 15) is 4.39 Å². The number of halogens is 2. The van der Waals surface area contributed by atoms with Crippen molar-refractivity contribution in [1.82, 2.24) is 10.2 Å². The summed E-state index contributed by atoms with van der Waals surface area (Å²) in [7, 11) is 0. The van der Waals surface area contributed by atoms with Gasteiger partial charge in [0.1, 0.15) is 5.82 Å². The molecule has 1 aliphatic heterocycles. The van der Waals surface area contributed by atoms with Crippen LogP contribution in [-0.2, 0) is 0 Å². The fourth-order valence-corrected chi connectivity index (χ4v) is 4.01. The van der Waals surface area contributed by atoms with E-state index >= 15 is 0 Å². The third kappa shape index (κ3) is 2.81. The molecule has 1 aromatic carbocycles. The van der Waals surface area contributed by atoms with Crippen molar-refractivity contribution >= 4 is 27.3 Å². The summed E-state index contributed by atoms with van der Waals surface area (Å²) in [6.45, 7) is 3.92. The maximum atomic E-state index is 13.9. The first-order chi connectivity index (χ1) is 9.77. The van der Waals surface area contributed by atoms with Gasteiger partial charge in [-0.3, -0.25) is 4.90 Å². The Bertz CT molecular complexity index is 567. The molecular weight excluding hydrogens is 339 g/mol. The van der Waals surface area contributed by atoms with Gasteiger partial charge in [0.15, 0.2) is 0 Å². The molecule has 2 heterocycles. The van der Waals surface area contributed by atoms with Gasteiger partial charge in [-0.15, -0.1) is 11.3 Å². The zero-order chi connectivity index (χ0) is 13.9. The maximum absolute atomic E-state index is 13.9. The van der Waals surface area contributed by atoms with Crippen molar-refractivity contribution < 1.29 is 4.39 Å². The minimum atomic E-state index is -0.195. The molecule has 0 unspecified atom stereocenters. The number of hydrogen-bond acceptors (Lipinski definition) is 3. The largest absolute Gasteiger partial charge is 0.314 e. The van der Waals surface area contributed by atoms with Crippen molar-refractivity contribution in [3.63, 3.8) is 0 Å². The number of piperazine rings is 1. The van der Waals surface area contributed by atoms with E-state index in [0.717, 1.165) is 31.7 Å². The lowest BCUT2D eigenvalue weighted by Crippen LogP contribution is -2.45. The molecule has 1 aromatic heterocycles. The average molecular weight is 355 g/mol. The smallest absolute Gasteiger partial charge is 0.137 e. The fraction of sp³-hybridized carbons (Fsp3) is 0.333. The zero-order valence-electron chi connectivity index (χ0n) is 11.0. The summed E-state index contributed by atoms with van der Waals surface area (Å²) >= 11 is 5.15. The van der Waals surface area contributed by atoms with Crippen molar-refractivity contribution in [3.05, 3.63) is 56.4 Å². The Hall–Kier alpha value is -0.750. The Morgan fingerprint density at radius 1 is 1.20 bits per heavy atom. The van der Waals surface area contributed by atoms with Crippen LogP contribution in [0.25, 0.3) is 0 Å². The summed E-state index contributed by atoms with van der Waals surface area (Å²) in [5.74, 6) is -0.195. The predicted molar refractivity (Wildman–Crippen MR) is 84.7 cm³/mol. The lowest BCUT2D eigenvalue weighted by molar-refractivity contribution is 0.200. The lowest BCUT2D eigenvalue weighted by atomic mass is 10.0. The van der Waals surface area contributed by atoms with Crippen molar-refractivity contribution in [2.45, 2.75) is 6.04 Å². The molecule has 0 spiro atoms. The molecule has 5 heteroatoms. The number of nitrogens with zero attached hydrogens (tertiary/aromatic N) is 1. The van der Waals surface area contributed by atoms with E-state index in [2.05, 4.69) is 43.7 Å². The highest BCUT2D eigenvalue weighted by molar-refractivity contribution is 9.10. The van der Waals surface area contributed by atoms with E-state index in [4.69, 9.17) is 0 Å². The highest BCUT2D eigenvalue weighted by Gasteiger charge is 2.27. The summed E-state index contributed by atoms with van der Waals surface area (Å²) < 4.78 is 14.5. The van der Waals surface area contributed by atoms with Gasteiger partial charge in [-0.05, 0) is 39.0 Å². The molecule has 106 valence electrons. The van der Waals surface area contributed by atoms with Gasteiger partial charge in [0, 0.05) is 31.1 Å². The van der Waals surface area contributed by atoms with E-state index in [-0.39, 0.29) is 11.9 Å². The van der Waals surface area contributed by atoms with Crippen LogP contribution < -0.4 is 5.32 Å². The van der Waals surface area contributed by atoms with Crippen LogP contribution in [0.4, 0.5) is 4.39 Å². The SMILES string of the molecule is Fc1cccc([C@H](c2cccs2)N2CCNCC2)c1Br. The highest BCUT2D eigenvalue weighted by atomic mass is 79.9. The topological polar surface area (TPSA) is 15.3 Å². The molecule has 20 heavy (non-hydrogen) atoms. The van der Waals surface area contributed by atoms with Gasteiger partial charge in [0.2, 0.25) is 0 Å². The van der Waals surface area contributed by atoms with Crippen LogP contribution in [0.1, 0.15) is 16.5 Å². The van der Waals surface area contributed by atoms with Crippen molar-refractivity contribution in [3.8, 4) is 0 Å². The Labute approximate surface area is 130 Å². The summed E-state index contributed by atoms with van der Waals surface area (Å²) in [6.07, 6.45) is 0. The van der Waals surface area contributed by atoms with E-state index in [1.165, 1.54) is 10.9 Å². The van der Waals surface area contributed by atoms with E-state index in [0.29, 0.717) is 4.47 Å². The number of hydrogen-bond donors (Lipinski definition) is 1. The second kappa shape index (κ2) is 6.35. The monoisotopic (exact) mass is 354 g/mol. The van der Waals surface area contributed by atoms with E-state index < -0.39 is 0 Å². The number of benzene rings is 1. The minimum absolute atomic E-state index is 0.127. The fourth-order valence-electron chi connectivity index (χ4n) is 2.65. The summed E-state index contributed by atoms with van der Waals surface area (Å²) in [5.41, 5.74) is 1.01. The zero-order valence-corrected chi connectivity index (χ0v) is 13.4. The predicted octanol–water partition coefficient (Wildman–Crippen LogP) is 3.64. The van der Waals surface area contributed by atoms with Gasteiger partial charge in [-0.2, -0.15) is 0 Å². The first kappa shape index (κ1) is 14.2. The van der Waals surface area contributed by atoms with Crippen LogP contribution in [0.3, 0.4) is 0 Å². The molecular formula is C15H16BrFN2S. The molecule has 3 rings (SSSR count). The maximum Gasteiger partial charge on any atom is 0.137 e. The first-order valence-electron chi connectivity index (χ1n) is 6.69. The molecule has 0 radical (unpaired) electrons. The molecule has 2 nitrogen and oxygen atoms in total. The van der Waals surface area contributed by atoms with Crippen molar-refractivity contribution in [2.24, 2.45) is 0 Å². The molecule has 0 saturated carbocycles. The normalized spacial score (nSPS) is 18.1. The standard InChI is InChI=1S/C15H16BrFN2S/c16-14-11(3-1-4-12(14)17)15(13-5-2-10-20-13)19-8-6-18-7-9-19/h1-5,10,15,18H,6-9H2/t15-/m1/s1. The molecule has 0 amide bonds. The summed E-state index contributed by atoms with van der Waals surface area (Å²) in [6, 6.07) is 9.62. The summed E-state index contributed by atoms with van der Waals surface area (Å²) in [5, 5.41) is 5.45. The second-order valence-electron chi connectivity index (χ2n) is 4.85. The van der Waals surface area contributed by atoms with E-state index in [1.807, 2.05) is 6.07 Å². The third-order valence-corrected chi connectivity index (χ3v) is 5.37. The van der Waals surface area contributed by atoms with Crippen LogP contribution in [0.5, 0.6) is 0 Å². The Morgan fingerprint density at radius 3 is 2.70 bits per heavy atom. The molecule has 0 bridgehead atoms. The summed E-state index contributed by atoms with van der Waals surface area (Å²) in [4.78, 5) is 3.68. The number of rotatable bonds is 3. The Balaban J connectivity index is 2.03. The van der Waals surface area contributed by atoms with Crippen molar-refractivity contribution in [2.75, 3.05) is 26.2 Å². The highest BCUT2D eigenvalue weighted by Crippen LogP contribution is 2.36. The molecule has 1 N–H and O–H groups in total. The molecule has 1 saturated heterocycles. The van der Waals surface area contributed by atoms with Gasteiger partial charge >= 0.3 is 0 Å². The molecule has 1 aliphatic rings. The molecule has 1 atom stereocenters. The van der Waals surface area contributed by atoms with Gasteiger partial charge in [0.05, 0.1) is 10.5 Å². The third-order valence-electron chi connectivity index (χ3n) is 3.61. The van der Waals surface area contributed by atoms with Crippen LogP contribution in [0.15, 0.2) is 40.2 Å². The van der Waals surface area contributed by atoms with E-state index in [1.54, 1.807) is 17.4 Å². The lowest BCUT2D eigenvalue weighted by Gasteiger charge is -2.35. The van der Waals surface area contributed by atoms with Crippen LogP contribution in [-0.4, -0.2) is 31.1 Å². The van der Waals surface area contributed by atoms with Crippen molar-refractivity contribution in [1.29, 1.82) is 0 Å². The van der Waals surface area contributed by atoms with Gasteiger partial charge < -0.3 is 5.32 Å².